The van der Waals surface area contributed by atoms with Gasteiger partial charge in [0.2, 0.25) is 0 Å². The second kappa shape index (κ2) is 6.06. The van der Waals surface area contributed by atoms with Crippen molar-refractivity contribution in [3.05, 3.63) is 29.8 Å². The van der Waals surface area contributed by atoms with Gasteiger partial charge < -0.3 is 9.64 Å². The van der Waals surface area contributed by atoms with Crippen molar-refractivity contribution in [3.63, 3.8) is 0 Å². The SMILES string of the molecule is CCCN1CCCC(c2ccccc2OC)C1. The van der Waals surface area contributed by atoms with E-state index >= 15 is 0 Å². The maximum Gasteiger partial charge on any atom is 0.122 e. The number of hydrogen-bond acceptors (Lipinski definition) is 2. The summed E-state index contributed by atoms with van der Waals surface area (Å²) in [7, 11) is 1.77. The highest BCUT2D eigenvalue weighted by atomic mass is 16.5. The van der Waals surface area contributed by atoms with Crippen molar-refractivity contribution < 1.29 is 4.74 Å². The van der Waals surface area contributed by atoms with Crippen molar-refractivity contribution in [1.29, 1.82) is 0 Å². The monoisotopic (exact) mass is 233 g/mol. The minimum Gasteiger partial charge on any atom is -0.496 e. The van der Waals surface area contributed by atoms with Crippen LogP contribution in [0.1, 0.15) is 37.7 Å². The van der Waals surface area contributed by atoms with Gasteiger partial charge in [0, 0.05) is 12.5 Å². The lowest BCUT2D eigenvalue weighted by atomic mass is 9.90. The molecule has 2 rings (SSSR count). The van der Waals surface area contributed by atoms with E-state index in [1.54, 1.807) is 7.11 Å². The summed E-state index contributed by atoms with van der Waals surface area (Å²) in [5, 5.41) is 0. The number of benzene rings is 1. The Hall–Kier alpha value is -1.02. The van der Waals surface area contributed by atoms with E-state index in [4.69, 9.17) is 4.74 Å². The molecule has 2 nitrogen and oxygen atoms in total. The Labute approximate surface area is 105 Å². The first-order chi connectivity index (χ1) is 8.35. The fourth-order valence-corrected chi connectivity index (χ4v) is 2.83. The van der Waals surface area contributed by atoms with E-state index in [0.717, 1.165) is 5.75 Å². The Morgan fingerprint density at radius 2 is 2.18 bits per heavy atom. The smallest absolute Gasteiger partial charge is 0.122 e. The molecule has 0 aliphatic carbocycles. The number of methoxy groups -OCH3 is 1. The largest absolute Gasteiger partial charge is 0.496 e. The summed E-state index contributed by atoms with van der Waals surface area (Å²) in [6.07, 6.45) is 3.85. The zero-order valence-corrected chi connectivity index (χ0v) is 11.0. The van der Waals surface area contributed by atoms with E-state index in [9.17, 15) is 0 Å². The summed E-state index contributed by atoms with van der Waals surface area (Å²) in [5.74, 6) is 1.70. The molecule has 94 valence electrons. The summed E-state index contributed by atoms with van der Waals surface area (Å²) in [6, 6.07) is 8.47. The van der Waals surface area contributed by atoms with Crippen LogP contribution in [0.2, 0.25) is 0 Å². The normalized spacial score (nSPS) is 21.4. The highest BCUT2D eigenvalue weighted by Gasteiger charge is 2.22. The zero-order chi connectivity index (χ0) is 12.1. The van der Waals surface area contributed by atoms with E-state index in [2.05, 4.69) is 36.1 Å². The van der Waals surface area contributed by atoms with Crippen LogP contribution in [0.5, 0.6) is 5.75 Å². The van der Waals surface area contributed by atoms with Gasteiger partial charge in [-0.15, -0.1) is 0 Å². The lowest BCUT2D eigenvalue weighted by molar-refractivity contribution is 0.206. The zero-order valence-electron chi connectivity index (χ0n) is 11.0. The van der Waals surface area contributed by atoms with Crippen LogP contribution in [0.4, 0.5) is 0 Å². The molecule has 1 aromatic rings. The molecule has 0 bridgehead atoms. The Bertz CT molecular complexity index is 349. The van der Waals surface area contributed by atoms with Gasteiger partial charge in [0.1, 0.15) is 5.75 Å². The van der Waals surface area contributed by atoms with Gasteiger partial charge in [0.25, 0.3) is 0 Å². The van der Waals surface area contributed by atoms with E-state index < -0.39 is 0 Å². The van der Waals surface area contributed by atoms with Crippen LogP contribution >= 0.6 is 0 Å². The molecule has 0 radical (unpaired) electrons. The molecular weight excluding hydrogens is 210 g/mol. The van der Waals surface area contributed by atoms with Gasteiger partial charge in [0.05, 0.1) is 7.11 Å². The van der Waals surface area contributed by atoms with Crippen LogP contribution in [0.15, 0.2) is 24.3 Å². The molecular formula is C15H23NO. The third kappa shape index (κ3) is 3.01. The van der Waals surface area contributed by atoms with Crippen LogP contribution in [0, 0.1) is 0 Å². The third-order valence-electron chi connectivity index (χ3n) is 3.62. The molecule has 1 atom stereocenters. The predicted octanol–water partition coefficient (Wildman–Crippen LogP) is 3.28. The predicted molar refractivity (Wildman–Crippen MR) is 71.7 cm³/mol. The average Bonchev–Trinajstić information content (AvgIpc) is 2.39. The van der Waals surface area contributed by atoms with E-state index in [1.807, 2.05) is 0 Å². The molecule has 0 aromatic heterocycles. The van der Waals surface area contributed by atoms with E-state index in [0.29, 0.717) is 5.92 Å². The standard InChI is InChI=1S/C15H23NO/c1-3-10-16-11-6-7-13(12-16)14-8-4-5-9-15(14)17-2/h4-5,8-9,13H,3,6-7,10-12H2,1-2H3. The van der Waals surface area contributed by atoms with Crippen molar-refractivity contribution in [3.8, 4) is 5.75 Å². The molecule has 1 unspecified atom stereocenters. The fraction of sp³-hybridized carbons (Fsp3) is 0.600. The molecule has 1 aliphatic rings. The van der Waals surface area contributed by atoms with Crippen LogP contribution < -0.4 is 4.74 Å². The number of nitrogens with zero attached hydrogens (tertiary/aromatic N) is 1. The van der Waals surface area contributed by atoms with Gasteiger partial charge in [0.15, 0.2) is 0 Å². The second-order valence-electron chi connectivity index (χ2n) is 4.88. The molecule has 1 aromatic carbocycles. The summed E-state index contributed by atoms with van der Waals surface area (Å²) in [4.78, 5) is 2.58. The summed E-state index contributed by atoms with van der Waals surface area (Å²) < 4.78 is 5.48. The van der Waals surface area contributed by atoms with Crippen LogP contribution in [-0.4, -0.2) is 31.6 Å². The van der Waals surface area contributed by atoms with Gasteiger partial charge in [-0.1, -0.05) is 25.1 Å². The van der Waals surface area contributed by atoms with Gasteiger partial charge in [-0.05, 0) is 44.0 Å². The molecule has 1 fully saturated rings. The van der Waals surface area contributed by atoms with Gasteiger partial charge in [-0.2, -0.15) is 0 Å². The van der Waals surface area contributed by atoms with Crippen molar-refractivity contribution in [2.24, 2.45) is 0 Å². The maximum atomic E-state index is 5.48. The quantitative estimate of drug-likeness (QED) is 0.791. The van der Waals surface area contributed by atoms with Gasteiger partial charge in [-0.3, -0.25) is 0 Å². The lowest BCUT2D eigenvalue weighted by Gasteiger charge is -2.33. The molecule has 1 aliphatic heterocycles. The number of para-hydroxylation sites is 1. The molecule has 0 N–H and O–H groups in total. The van der Waals surface area contributed by atoms with Crippen LogP contribution in [-0.2, 0) is 0 Å². The molecule has 1 heterocycles. The number of ether oxygens (including phenoxy) is 1. The van der Waals surface area contributed by atoms with E-state index in [-0.39, 0.29) is 0 Å². The minimum atomic E-state index is 0.645. The first-order valence-corrected chi connectivity index (χ1v) is 6.70. The summed E-state index contributed by atoms with van der Waals surface area (Å²) in [6.45, 7) is 5.94. The fourth-order valence-electron chi connectivity index (χ4n) is 2.83. The number of likely N-dealkylation sites (tertiary alicyclic amines) is 1. The van der Waals surface area contributed by atoms with Gasteiger partial charge in [-0.25, -0.2) is 0 Å². The first-order valence-electron chi connectivity index (χ1n) is 6.70. The van der Waals surface area contributed by atoms with Crippen molar-refractivity contribution in [1.82, 2.24) is 4.90 Å². The van der Waals surface area contributed by atoms with Crippen LogP contribution in [0.3, 0.4) is 0 Å². The van der Waals surface area contributed by atoms with Crippen molar-refractivity contribution >= 4 is 0 Å². The molecule has 17 heavy (non-hydrogen) atoms. The summed E-state index contributed by atoms with van der Waals surface area (Å²) in [5.41, 5.74) is 1.39. The highest BCUT2D eigenvalue weighted by molar-refractivity contribution is 5.36. The third-order valence-corrected chi connectivity index (χ3v) is 3.62. The molecule has 2 heteroatoms. The second-order valence-corrected chi connectivity index (χ2v) is 4.88. The van der Waals surface area contributed by atoms with Crippen LogP contribution in [0.25, 0.3) is 0 Å². The van der Waals surface area contributed by atoms with Gasteiger partial charge >= 0.3 is 0 Å². The Morgan fingerprint density at radius 1 is 1.35 bits per heavy atom. The van der Waals surface area contributed by atoms with Crippen molar-refractivity contribution in [2.45, 2.75) is 32.1 Å². The number of rotatable bonds is 4. The lowest BCUT2D eigenvalue weighted by Crippen LogP contribution is -2.34. The topological polar surface area (TPSA) is 12.5 Å². The van der Waals surface area contributed by atoms with Crippen molar-refractivity contribution in [2.75, 3.05) is 26.7 Å². The first kappa shape index (κ1) is 12.4. The molecule has 1 saturated heterocycles. The average molecular weight is 233 g/mol. The highest BCUT2D eigenvalue weighted by Crippen LogP contribution is 2.32. The Kier molecular flexibility index (Phi) is 4.43. The molecule has 0 amide bonds. The molecule has 0 saturated carbocycles. The number of hydrogen-bond donors (Lipinski definition) is 0. The minimum absolute atomic E-state index is 0.645. The Morgan fingerprint density at radius 3 is 2.94 bits per heavy atom. The van der Waals surface area contributed by atoms with E-state index in [1.165, 1.54) is 44.5 Å². The number of piperidine rings is 1. The Balaban J connectivity index is 2.10. The summed E-state index contributed by atoms with van der Waals surface area (Å²) >= 11 is 0. The maximum absolute atomic E-state index is 5.48. The molecule has 0 spiro atoms.